The monoisotopic (exact) mass is 440 g/mol. The molecule has 0 amide bonds. The highest BCUT2D eigenvalue weighted by molar-refractivity contribution is 6.46. The van der Waals surface area contributed by atoms with Crippen molar-refractivity contribution in [2.24, 2.45) is 28.6 Å². The lowest BCUT2D eigenvalue weighted by Gasteiger charge is -2.61. The largest absolute Gasteiger partial charge is 0.460 e. The van der Waals surface area contributed by atoms with Crippen molar-refractivity contribution in [2.75, 3.05) is 6.61 Å². The van der Waals surface area contributed by atoms with Crippen LogP contribution in [0.2, 0.25) is 5.82 Å². The second kappa shape index (κ2) is 7.68. The maximum Gasteiger partial charge on any atom is 0.460 e. The molecule has 7 unspecified atom stereocenters. The van der Waals surface area contributed by atoms with Gasteiger partial charge in [0.2, 0.25) is 0 Å². The molecule has 176 valence electrons. The van der Waals surface area contributed by atoms with Gasteiger partial charge in [0.05, 0.1) is 12.2 Å². The Morgan fingerprint density at radius 1 is 0.969 bits per heavy atom. The lowest BCUT2D eigenvalue weighted by molar-refractivity contribution is -0.198. The third kappa shape index (κ3) is 2.96. The number of carbonyl (C=O) groups is 1. The van der Waals surface area contributed by atoms with Crippen molar-refractivity contribution in [1.82, 2.24) is 0 Å². The normalized spacial score (nSPS) is 49.4. The predicted octanol–water partition coefficient (Wildman–Crippen LogP) is 5.49. The molecule has 7 atom stereocenters. The second-order valence-corrected chi connectivity index (χ2v) is 12.6. The van der Waals surface area contributed by atoms with E-state index in [1.54, 1.807) is 0 Å². The molecule has 6 aliphatic rings. The van der Waals surface area contributed by atoms with Gasteiger partial charge in [-0.05, 0) is 80.0 Å². The average molecular weight is 440 g/mol. The standard InChI is InChI=1S/C27H41BO4/c1-25-13-10-20(29)16-18(25)8-9-21-22(25)11-14-26(2)23(21)12-15-27(26)24(30)17-31-28(32-27)19-6-4-3-5-7-19/h16,19,21-24,30H,3-15,17H2,1-2H3. The van der Waals surface area contributed by atoms with E-state index in [0.717, 1.165) is 32.1 Å². The summed E-state index contributed by atoms with van der Waals surface area (Å²) in [5.74, 6) is 2.80. The van der Waals surface area contributed by atoms with E-state index in [9.17, 15) is 9.90 Å². The van der Waals surface area contributed by atoms with Crippen molar-refractivity contribution in [2.45, 2.75) is 115 Å². The van der Waals surface area contributed by atoms with E-state index in [1.807, 2.05) is 6.08 Å². The molecule has 5 aliphatic carbocycles. The Morgan fingerprint density at radius 3 is 2.56 bits per heavy atom. The van der Waals surface area contributed by atoms with Crippen LogP contribution in [-0.4, -0.2) is 36.3 Å². The first-order chi connectivity index (χ1) is 15.4. The third-order valence-electron chi connectivity index (χ3n) is 11.5. The molecule has 0 aromatic heterocycles. The molecule has 5 heteroatoms. The number of hydrogen-bond acceptors (Lipinski definition) is 4. The fraction of sp³-hybridized carbons (Fsp3) is 0.889. The number of aliphatic hydroxyl groups excluding tert-OH is 1. The molecule has 4 saturated carbocycles. The predicted molar refractivity (Wildman–Crippen MR) is 125 cm³/mol. The minimum Gasteiger partial charge on any atom is -0.408 e. The minimum absolute atomic E-state index is 0.0202. The van der Waals surface area contributed by atoms with Crippen LogP contribution in [0, 0.1) is 28.6 Å². The molecule has 4 nitrogen and oxygen atoms in total. The first-order valence-corrected chi connectivity index (χ1v) is 13.6. The molecule has 1 N–H and O–H groups in total. The lowest BCUT2D eigenvalue weighted by atomic mass is 9.46. The van der Waals surface area contributed by atoms with Crippen LogP contribution in [0.4, 0.5) is 0 Å². The van der Waals surface area contributed by atoms with Crippen LogP contribution in [0.5, 0.6) is 0 Å². The van der Waals surface area contributed by atoms with Crippen LogP contribution in [0.3, 0.4) is 0 Å². The molecule has 1 spiro atoms. The zero-order valence-electron chi connectivity index (χ0n) is 20.1. The van der Waals surface area contributed by atoms with Crippen LogP contribution < -0.4 is 0 Å². The summed E-state index contributed by atoms with van der Waals surface area (Å²) < 4.78 is 13.1. The van der Waals surface area contributed by atoms with Gasteiger partial charge in [-0.25, -0.2) is 0 Å². The number of fused-ring (bicyclic) bond motifs is 6. The lowest BCUT2D eigenvalue weighted by Crippen LogP contribution is -2.65. The summed E-state index contributed by atoms with van der Waals surface area (Å²) in [6, 6.07) is 0. The van der Waals surface area contributed by atoms with Gasteiger partial charge < -0.3 is 14.4 Å². The zero-order chi connectivity index (χ0) is 22.1. The van der Waals surface area contributed by atoms with Crippen molar-refractivity contribution in [3.8, 4) is 0 Å². The van der Waals surface area contributed by atoms with Crippen molar-refractivity contribution in [3.05, 3.63) is 11.6 Å². The second-order valence-electron chi connectivity index (χ2n) is 12.6. The van der Waals surface area contributed by atoms with Crippen LogP contribution in [0.25, 0.3) is 0 Å². The topological polar surface area (TPSA) is 55.8 Å². The van der Waals surface area contributed by atoms with E-state index in [2.05, 4.69) is 13.8 Å². The molecule has 1 heterocycles. The highest BCUT2D eigenvalue weighted by Gasteiger charge is 2.68. The summed E-state index contributed by atoms with van der Waals surface area (Å²) in [5, 5.41) is 11.3. The van der Waals surface area contributed by atoms with Gasteiger partial charge >= 0.3 is 7.12 Å². The average Bonchev–Trinajstić information content (AvgIpc) is 3.09. The molecular formula is C27H41BO4. The van der Waals surface area contributed by atoms with Crippen molar-refractivity contribution in [3.63, 3.8) is 0 Å². The molecule has 0 radical (unpaired) electrons. The highest BCUT2D eigenvalue weighted by atomic mass is 16.6. The zero-order valence-corrected chi connectivity index (χ0v) is 20.1. The van der Waals surface area contributed by atoms with Gasteiger partial charge in [0.15, 0.2) is 5.78 Å². The summed E-state index contributed by atoms with van der Waals surface area (Å²) in [4.78, 5) is 12.1. The SMILES string of the molecule is CC12CCC(=O)C=C1CCC1C2CCC2(C)C1CCC21OB(C2CCCCC2)OCC1O. The molecule has 5 fully saturated rings. The van der Waals surface area contributed by atoms with Crippen molar-refractivity contribution in [1.29, 1.82) is 0 Å². The van der Waals surface area contributed by atoms with E-state index in [0.29, 0.717) is 36.0 Å². The number of rotatable bonds is 1. The van der Waals surface area contributed by atoms with E-state index in [1.165, 1.54) is 56.9 Å². The number of carbonyl (C=O) groups excluding carboxylic acids is 1. The number of aliphatic hydroxyl groups is 1. The number of allylic oxidation sites excluding steroid dienone is 1. The number of ketones is 1. The third-order valence-corrected chi connectivity index (χ3v) is 11.5. The van der Waals surface area contributed by atoms with E-state index >= 15 is 0 Å². The summed E-state index contributed by atoms with van der Waals surface area (Å²) >= 11 is 0. The fourth-order valence-corrected chi connectivity index (χ4v) is 9.61. The Morgan fingerprint density at radius 2 is 1.75 bits per heavy atom. The molecule has 32 heavy (non-hydrogen) atoms. The van der Waals surface area contributed by atoms with E-state index < -0.39 is 11.7 Å². The minimum atomic E-state index is -0.518. The van der Waals surface area contributed by atoms with Crippen LogP contribution >= 0.6 is 0 Å². The van der Waals surface area contributed by atoms with Crippen LogP contribution in [0.1, 0.15) is 97.3 Å². The molecule has 0 aromatic rings. The number of hydrogen-bond donors (Lipinski definition) is 1. The summed E-state index contributed by atoms with van der Waals surface area (Å²) in [6.45, 7) is 5.34. The van der Waals surface area contributed by atoms with Gasteiger partial charge in [0, 0.05) is 11.8 Å². The molecule has 1 aliphatic heterocycles. The first kappa shape index (κ1) is 21.9. The summed E-state index contributed by atoms with van der Waals surface area (Å²) in [6.07, 6.45) is 16.3. The smallest absolute Gasteiger partial charge is 0.408 e. The van der Waals surface area contributed by atoms with Crippen LogP contribution in [0.15, 0.2) is 11.6 Å². The maximum absolute atomic E-state index is 12.1. The van der Waals surface area contributed by atoms with Gasteiger partial charge in [-0.15, -0.1) is 0 Å². The molecule has 1 saturated heterocycles. The first-order valence-electron chi connectivity index (χ1n) is 13.6. The maximum atomic E-state index is 12.1. The Balaban J connectivity index is 1.29. The van der Waals surface area contributed by atoms with Crippen molar-refractivity contribution >= 4 is 12.9 Å². The van der Waals surface area contributed by atoms with Gasteiger partial charge in [0.1, 0.15) is 6.10 Å². The Bertz CT molecular complexity index is 805. The van der Waals surface area contributed by atoms with Gasteiger partial charge in [0.25, 0.3) is 0 Å². The molecule has 0 bridgehead atoms. The summed E-state index contributed by atoms with van der Waals surface area (Å²) in [7, 11) is -0.130. The van der Waals surface area contributed by atoms with E-state index in [4.69, 9.17) is 9.31 Å². The summed E-state index contributed by atoms with van der Waals surface area (Å²) in [5.41, 5.74) is 1.22. The van der Waals surface area contributed by atoms with E-state index in [-0.39, 0.29) is 17.9 Å². The molecule has 0 aromatic carbocycles. The molecule has 6 rings (SSSR count). The quantitative estimate of drug-likeness (QED) is 0.548. The van der Waals surface area contributed by atoms with Crippen molar-refractivity contribution < 1.29 is 19.2 Å². The Hall–Kier alpha value is -0.645. The van der Waals surface area contributed by atoms with Gasteiger partial charge in [-0.3, -0.25) is 4.79 Å². The Labute approximate surface area is 194 Å². The van der Waals surface area contributed by atoms with Gasteiger partial charge in [-0.1, -0.05) is 51.5 Å². The van der Waals surface area contributed by atoms with Gasteiger partial charge in [-0.2, -0.15) is 0 Å². The fourth-order valence-electron chi connectivity index (χ4n) is 9.61. The molecular weight excluding hydrogens is 399 g/mol. The highest BCUT2D eigenvalue weighted by Crippen LogP contribution is 2.69. The Kier molecular flexibility index (Phi) is 5.25. The van der Waals surface area contributed by atoms with Crippen LogP contribution in [-0.2, 0) is 14.1 Å².